The first-order chi connectivity index (χ1) is 10.9. The molecule has 0 amide bonds. The molecule has 1 aromatic carbocycles. The Kier molecular flexibility index (Phi) is 5.96. The third-order valence-corrected chi connectivity index (χ3v) is 7.34. The number of carbonyl (C=O) groups excluding carboxylic acids is 1. The SMILES string of the molecule is COC(=O)/C=C/C(C)=C1/CC(CCc2ccccc2)O[Si]1(C)C. The molecule has 0 bridgehead atoms. The zero-order valence-electron chi connectivity index (χ0n) is 14.5. The number of methoxy groups -OCH3 is 1. The van der Waals surface area contributed by atoms with Crippen molar-refractivity contribution in [3.05, 3.63) is 58.8 Å². The van der Waals surface area contributed by atoms with Crippen LogP contribution in [0.15, 0.2) is 53.3 Å². The summed E-state index contributed by atoms with van der Waals surface area (Å²) in [6, 6.07) is 10.5. The molecule has 1 heterocycles. The molecule has 2 rings (SSSR count). The standard InChI is InChI=1S/C19H26O3Si/c1-15(10-13-19(20)21-2)18-14-17(22-23(18,3)4)12-11-16-8-6-5-7-9-16/h5-10,13,17H,11-12,14H2,1-4H3/b13-10+,18-15-. The largest absolute Gasteiger partial charge is 0.466 e. The smallest absolute Gasteiger partial charge is 0.330 e. The van der Waals surface area contributed by atoms with Gasteiger partial charge in [0.05, 0.1) is 7.11 Å². The average molecular weight is 331 g/mol. The van der Waals surface area contributed by atoms with Gasteiger partial charge in [-0.2, -0.15) is 0 Å². The Hall–Kier alpha value is -1.65. The molecule has 1 aromatic rings. The highest BCUT2D eigenvalue weighted by molar-refractivity contribution is 6.79. The van der Waals surface area contributed by atoms with Gasteiger partial charge in [-0.25, -0.2) is 4.79 Å². The molecule has 0 saturated carbocycles. The maximum atomic E-state index is 11.3. The van der Waals surface area contributed by atoms with Gasteiger partial charge < -0.3 is 9.16 Å². The van der Waals surface area contributed by atoms with E-state index in [-0.39, 0.29) is 12.1 Å². The van der Waals surface area contributed by atoms with Gasteiger partial charge >= 0.3 is 5.97 Å². The van der Waals surface area contributed by atoms with E-state index in [0.717, 1.165) is 24.8 Å². The van der Waals surface area contributed by atoms with Crippen molar-refractivity contribution in [2.75, 3.05) is 7.11 Å². The molecule has 1 unspecified atom stereocenters. The van der Waals surface area contributed by atoms with Crippen LogP contribution in [0.1, 0.15) is 25.3 Å². The minimum atomic E-state index is -1.84. The number of carbonyl (C=O) groups is 1. The highest BCUT2D eigenvalue weighted by Crippen LogP contribution is 2.36. The first-order valence-electron chi connectivity index (χ1n) is 8.10. The Morgan fingerprint density at radius 2 is 2.00 bits per heavy atom. The van der Waals surface area contributed by atoms with Gasteiger partial charge in [0.2, 0.25) is 8.32 Å². The van der Waals surface area contributed by atoms with Gasteiger partial charge in [0.1, 0.15) is 0 Å². The van der Waals surface area contributed by atoms with Crippen LogP contribution < -0.4 is 0 Å². The van der Waals surface area contributed by atoms with Gasteiger partial charge in [0, 0.05) is 12.2 Å². The van der Waals surface area contributed by atoms with E-state index < -0.39 is 8.32 Å². The Morgan fingerprint density at radius 3 is 2.65 bits per heavy atom. The Morgan fingerprint density at radius 1 is 1.30 bits per heavy atom. The van der Waals surface area contributed by atoms with E-state index in [1.807, 2.05) is 12.1 Å². The average Bonchev–Trinajstić information content (AvgIpc) is 2.86. The van der Waals surface area contributed by atoms with Crippen molar-refractivity contribution in [2.45, 2.75) is 45.4 Å². The van der Waals surface area contributed by atoms with Gasteiger partial charge in [-0.05, 0) is 50.0 Å². The first-order valence-corrected chi connectivity index (χ1v) is 11.0. The maximum Gasteiger partial charge on any atom is 0.330 e. The number of benzene rings is 1. The summed E-state index contributed by atoms with van der Waals surface area (Å²) < 4.78 is 11.0. The Balaban J connectivity index is 2.02. The molecular weight excluding hydrogens is 304 g/mol. The fraction of sp³-hybridized carbons (Fsp3) is 0.421. The number of allylic oxidation sites excluding steroid dienone is 2. The van der Waals surface area contributed by atoms with Crippen LogP contribution in [0, 0.1) is 0 Å². The molecular formula is C19H26O3Si. The van der Waals surface area contributed by atoms with Crippen LogP contribution in [0.5, 0.6) is 0 Å². The van der Waals surface area contributed by atoms with Crippen LogP contribution in [-0.4, -0.2) is 27.5 Å². The number of ether oxygens (including phenoxy) is 1. The summed E-state index contributed by atoms with van der Waals surface area (Å²) in [6.07, 6.45) is 6.69. The van der Waals surface area contributed by atoms with Crippen molar-refractivity contribution < 1.29 is 14.0 Å². The van der Waals surface area contributed by atoms with E-state index in [4.69, 9.17) is 4.43 Å². The molecule has 0 radical (unpaired) electrons. The molecule has 0 N–H and O–H groups in total. The number of hydrogen-bond acceptors (Lipinski definition) is 3. The zero-order chi connectivity index (χ0) is 16.9. The quantitative estimate of drug-likeness (QED) is 0.461. The van der Waals surface area contributed by atoms with Crippen LogP contribution in [0.2, 0.25) is 13.1 Å². The van der Waals surface area contributed by atoms with Crippen molar-refractivity contribution >= 4 is 14.3 Å². The van der Waals surface area contributed by atoms with Gasteiger partial charge in [-0.3, -0.25) is 0 Å². The van der Waals surface area contributed by atoms with Gasteiger partial charge in [0.15, 0.2) is 0 Å². The van der Waals surface area contributed by atoms with Crippen LogP contribution in [0.3, 0.4) is 0 Å². The third-order valence-electron chi connectivity index (χ3n) is 4.36. The summed E-state index contributed by atoms with van der Waals surface area (Å²) >= 11 is 0. The number of hydrogen-bond donors (Lipinski definition) is 0. The molecule has 0 aromatic heterocycles. The van der Waals surface area contributed by atoms with Crippen LogP contribution >= 0.6 is 0 Å². The summed E-state index contributed by atoms with van der Waals surface area (Å²) in [7, 11) is -0.445. The second-order valence-corrected chi connectivity index (χ2v) is 10.4. The fourth-order valence-electron chi connectivity index (χ4n) is 3.13. The summed E-state index contributed by atoms with van der Waals surface area (Å²) in [5.74, 6) is -0.316. The molecule has 0 aliphatic carbocycles. The predicted molar refractivity (Wildman–Crippen MR) is 95.6 cm³/mol. The Labute approximate surface area is 140 Å². The molecule has 1 atom stereocenters. The summed E-state index contributed by atoms with van der Waals surface area (Å²) in [6.45, 7) is 6.53. The fourth-order valence-corrected chi connectivity index (χ4v) is 6.06. The second kappa shape index (κ2) is 7.75. The van der Waals surface area contributed by atoms with E-state index in [2.05, 4.69) is 49.0 Å². The summed E-state index contributed by atoms with van der Waals surface area (Å²) in [5.41, 5.74) is 2.50. The van der Waals surface area contributed by atoms with Crippen molar-refractivity contribution in [3.63, 3.8) is 0 Å². The molecule has 1 aliphatic heterocycles. The number of aryl methyl sites for hydroxylation is 1. The lowest BCUT2D eigenvalue weighted by Crippen LogP contribution is -2.29. The normalized spacial score (nSPS) is 22.3. The summed E-state index contributed by atoms with van der Waals surface area (Å²) in [5, 5.41) is 1.40. The van der Waals surface area contributed by atoms with E-state index in [9.17, 15) is 4.79 Å². The van der Waals surface area contributed by atoms with Crippen molar-refractivity contribution in [3.8, 4) is 0 Å². The molecule has 3 nitrogen and oxygen atoms in total. The molecule has 1 fully saturated rings. The lowest BCUT2D eigenvalue weighted by atomic mass is 10.0. The molecule has 0 spiro atoms. The molecule has 1 saturated heterocycles. The maximum absolute atomic E-state index is 11.3. The van der Waals surface area contributed by atoms with Crippen LogP contribution in [0.4, 0.5) is 0 Å². The summed E-state index contributed by atoms with van der Waals surface area (Å²) in [4.78, 5) is 11.3. The second-order valence-electron chi connectivity index (χ2n) is 6.50. The Bertz CT molecular complexity index is 602. The zero-order valence-corrected chi connectivity index (χ0v) is 15.5. The van der Waals surface area contributed by atoms with Crippen LogP contribution in [0.25, 0.3) is 0 Å². The molecule has 4 heteroatoms. The minimum absolute atomic E-state index is 0.286. The lowest BCUT2D eigenvalue weighted by Gasteiger charge is -2.19. The minimum Gasteiger partial charge on any atom is -0.466 e. The van der Waals surface area contributed by atoms with Gasteiger partial charge in [-0.15, -0.1) is 0 Å². The van der Waals surface area contributed by atoms with E-state index in [1.165, 1.54) is 23.9 Å². The van der Waals surface area contributed by atoms with Crippen LogP contribution in [-0.2, 0) is 20.4 Å². The monoisotopic (exact) mass is 330 g/mol. The van der Waals surface area contributed by atoms with E-state index in [0.29, 0.717) is 0 Å². The lowest BCUT2D eigenvalue weighted by molar-refractivity contribution is -0.134. The number of esters is 1. The van der Waals surface area contributed by atoms with E-state index in [1.54, 1.807) is 0 Å². The number of rotatable bonds is 5. The topological polar surface area (TPSA) is 35.5 Å². The van der Waals surface area contributed by atoms with Gasteiger partial charge in [0.25, 0.3) is 0 Å². The highest BCUT2D eigenvalue weighted by Gasteiger charge is 2.39. The van der Waals surface area contributed by atoms with Crippen molar-refractivity contribution in [2.24, 2.45) is 0 Å². The predicted octanol–water partition coefficient (Wildman–Crippen LogP) is 4.20. The van der Waals surface area contributed by atoms with Crippen molar-refractivity contribution in [1.29, 1.82) is 0 Å². The van der Waals surface area contributed by atoms with Crippen molar-refractivity contribution in [1.82, 2.24) is 0 Å². The molecule has 23 heavy (non-hydrogen) atoms. The highest BCUT2D eigenvalue weighted by atomic mass is 28.4. The molecule has 124 valence electrons. The molecule has 1 aliphatic rings. The van der Waals surface area contributed by atoms with E-state index >= 15 is 0 Å². The third kappa shape index (κ3) is 4.91. The van der Waals surface area contributed by atoms with Gasteiger partial charge in [-0.1, -0.05) is 42.0 Å². The first kappa shape index (κ1) is 17.7.